The van der Waals surface area contributed by atoms with Gasteiger partial charge in [-0.3, -0.25) is 0 Å². The summed E-state index contributed by atoms with van der Waals surface area (Å²) in [5, 5.41) is 10.3. The number of nitrogens with zero attached hydrogens (tertiary/aromatic N) is 1. The van der Waals surface area contributed by atoms with Crippen molar-refractivity contribution in [1.82, 2.24) is 4.90 Å². The number of phenolic OH excluding ortho intramolecular Hbond substituents is 1. The molecule has 0 heterocycles. The minimum absolute atomic E-state index is 0.221. The molecule has 0 fully saturated rings. The Morgan fingerprint density at radius 3 is 2.50 bits per heavy atom. The molecule has 2 aromatic rings. The van der Waals surface area contributed by atoms with Gasteiger partial charge >= 0.3 is 0 Å². The highest BCUT2D eigenvalue weighted by Gasteiger charge is 2.10. The van der Waals surface area contributed by atoms with E-state index in [2.05, 4.69) is 19.0 Å². The number of aryl methyl sites for hydroxylation is 1. The molecule has 0 unspecified atom stereocenters. The van der Waals surface area contributed by atoms with Gasteiger partial charge in [-0.05, 0) is 75.6 Å². The molecule has 0 aromatic heterocycles. The Kier molecular flexibility index (Phi) is 5.56. The summed E-state index contributed by atoms with van der Waals surface area (Å²) in [6.45, 7) is 2.81. The van der Waals surface area contributed by atoms with Gasteiger partial charge in [-0.1, -0.05) is 24.3 Å². The van der Waals surface area contributed by atoms with Gasteiger partial charge in [-0.2, -0.15) is 0 Å². The fourth-order valence-electron chi connectivity index (χ4n) is 2.62. The van der Waals surface area contributed by atoms with E-state index in [-0.39, 0.29) is 11.6 Å². The van der Waals surface area contributed by atoms with Gasteiger partial charge in [0.25, 0.3) is 0 Å². The van der Waals surface area contributed by atoms with Crippen LogP contribution in [0.15, 0.2) is 36.4 Å². The van der Waals surface area contributed by atoms with E-state index >= 15 is 0 Å². The minimum Gasteiger partial charge on any atom is -0.507 e. The van der Waals surface area contributed by atoms with E-state index in [1.807, 2.05) is 18.2 Å². The number of unbranched alkanes of at least 4 members (excludes halogenated alkanes) is 1. The second-order valence-electron chi connectivity index (χ2n) is 6.02. The van der Waals surface area contributed by atoms with Gasteiger partial charge < -0.3 is 10.0 Å². The quantitative estimate of drug-likeness (QED) is 0.800. The smallest absolute Gasteiger partial charge is 0.126 e. The van der Waals surface area contributed by atoms with Gasteiger partial charge in [-0.25, -0.2) is 4.39 Å². The van der Waals surface area contributed by atoms with Crippen molar-refractivity contribution in [3.8, 4) is 16.9 Å². The van der Waals surface area contributed by atoms with Crippen molar-refractivity contribution in [1.29, 1.82) is 0 Å². The van der Waals surface area contributed by atoms with Gasteiger partial charge in [0.2, 0.25) is 0 Å². The average Bonchev–Trinajstić information content (AvgIpc) is 2.47. The van der Waals surface area contributed by atoms with Gasteiger partial charge in [0.1, 0.15) is 11.6 Å². The summed E-state index contributed by atoms with van der Waals surface area (Å²) in [4.78, 5) is 2.17. The first kappa shape index (κ1) is 16.5. The number of benzene rings is 2. The standard InChI is InChI=1S/C19H24FNO/c1-14-16(8-6-9-18(14)20)17-11-10-15(13-19(17)22)7-4-5-12-21(2)3/h6,8-11,13,22H,4-5,7,12H2,1-3H3. The Bertz CT molecular complexity index is 637. The minimum atomic E-state index is -0.246. The molecule has 0 atom stereocenters. The van der Waals surface area contributed by atoms with Crippen molar-refractivity contribution < 1.29 is 9.50 Å². The summed E-state index contributed by atoms with van der Waals surface area (Å²) in [7, 11) is 4.14. The highest BCUT2D eigenvalue weighted by Crippen LogP contribution is 2.33. The Hall–Kier alpha value is -1.87. The summed E-state index contributed by atoms with van der Waals surface area (Å²) in [5.41, 5.74) is 3.12. The molecule has 118 valence electrons. The van der Waals surface area contributed by atoms with Crippen molar-refractivity contribution in [2.24, 2.45) is 0 Å². The molecule has 0 aliphatic heterocycles. The predicted octanol–water partition coefficient (Wildman–Crippen LogP) is 4.39. The highest BCUT2D eigenvalue weighted by atomic mass is 19.1. The van der Waals surface area contributed by atoms with Crippen LogP contribution in [0.5, 0.6) is 5.75 Å². The fourth-order valence-corrected chi connectivity index (χ4v) is 2.62. The first-order valence-corrected chi connectivity index (χ1v) is 7.71. The Morgan fingerprint density at radius 1 is 1.05 bits per heavy atom. The monoisotopic (exact) mass is 301 g/mol. The molecule has 2 rings (SSSR count). The van der Waals surface area contributed by atoms with Crippen molar-refractivity contribution in [3.63, 3.8) is 0 Å². The van der Waals surface area contributed by atoms with E-state index < -0.39 is 0 Å². The molecule has 0 bridgehead atoms. The van der Waals surface area contributed by atoms with Gasteiger partial charge in [0.15, 0.2) is 0 Å². The van der Waals surface area contributed by atoms with E-state index in [1.54, 1.807) is 19.1 Å². The van der Waals surface area contributed by atoms with Crippen LogP contribution in [0.3, 0.4) is 0 Å². The summed E-state index contributed by atoms with van der Waals surface area (Å²) in [6.07, 6.45) is 3.18. The molecular weight excluding hydrogens is 277 g/mol. The van der Waals surface area contributed by atoms with E-state index in [0.29, 0.717) is 11.1 Å². The molecule has 0 amide bonds. The number of hydrogen-bond acceptors (Lipinski definition) is 2. The second-order valence-corrected chi connectivity index (χ2v) is 6.02. The van der Waals surface area contributed by atoms with Crippen LogP contribution in [-0.4, -0.2) is 30.6 Å². The van der Waals surface area contributed by atoms with Crippen LogP contribution in [0.25, 0.3) is 11.1 Å². The van der Waals surface area contributed by atoms with Crippen molar-refractivity contribution >= 4 is 0 Å². The third-order valence-corrected chi connectivity index (χ3v) is 3.94. The van der Waals surface area contributed by atoms with Crippen molar-refractivity contribution in [3.05, 3.63) is 53.3 Å². The molecule has 0 radical (unpaired) electrons. The number of phenols is 1. The number of hydrogen-bond donors (Lipinski definition) is 1. The van der Waals surface area contributed by atoms with Gasteiger partial charge in [-0.15, -0.1) is 0 Å². The van der Waals surface area contributed by atoms with Crippen LogP contribution < -0.4 is 0 Å². The Morgan fingerprint density at radius 2 is 1.82 bits per heavy atom. The lowest BCUT2D eigenvalue weighted by atomic mass is 9.97. The molecule has 0 spiro atoms. The molecule has 2 aromatic carbocycles. The third kappa shape index (κ3) is 4.08. The lowest BCUT2D eigenvalue weighted by molar-refractivity contribution is 0.394. The zero-order chi connectivity index (χ0) is 16.1. The lowest BCUT2D eigenvalue weighted by Crippen LogP contribution is -2.12. The Balaban J connectivity index is 2.11. The maximum absolute atomic E-state index is 13.7. The van der Waals surface area contributed by atoms with Crippen LogP contribution in [0.1, 0.15) is 24.0 Å². The summed E-state index contributed by atoms with van der Waals surface area (Å²) in [5.74, 6) is -0.0246. The molecule has 0 aliphatic rings. The Labute approximate surface area is 132 Å². The zero-order valence-corrected chi connectivity index (χ0v) is 13.6. The summed E-state index contributed by atoms with van der Waals surface area (Å²) >= 11 is 0. The maximum Gasteiger partial charge on any atom is 0.126 e. The van der Waals surface area contributed by atoms with Crippen LogP contribution in [0, 0.1) is 12.7 Å². The van der Waals surface area contributed by atoms with E-state index in [0.717, 1.165) is 36.9 Å². The SMILES string of the molecule is Cc1c(F)cccc1-c1ccc(CCCCN(C)C)cc1O. The van der Waals surface area contributed by atoms with E-state index in [9.17, 15) is 9.50 Å². The first-order chi connectivity index (χ1) is 10.5. The highest BCUT2D eigenvalue weighted by molar-refractivity contribution is 5.73. The normalized spacial score (nSPS) is 11.1. The van der Waals surface area contributed by atoms with Crippen molar-refractivity contribution in [2.45, 2.75) is 26.2 Å². The van der Waals surface area contributed by atoms with E-state index in [4.69, 9.17) is 0 Å². The molecule has 22 heavy (non-hydrogen) atoms. The van der Waals surface area contributed by atoms with Crippen LogP contribution in [-0.2, 0) is 6.42 Å². The van der Waals surface area contributed by atoms with Crippen LogP contribution in [0.2, 0.25) is 0 Å². The fraction of sp³-hybridized carbons (Fsp3) is 0.368. The summed E-state index contributed by atoms with van der Waals surface area (Å²) in [6, 6.07) is 10.7. The number of halogens is 1. The van der Waals surface area contributed by atoms with Crippen LogP contribution in [0.4, 0.5) is 4.39 Å². The topological polar surface area (TPSA) is 23.5 Å². The third-order valence-electron chi connectivity index (χ3n) is 3.94. The largest absolute Gasteiger partial charge is 0.507 e. The maximum atomic E-state index is 13.7. The predicted molar refractivity (Wildman–Crippen MR) is 89.7 cm³/mol. The summed E-state index contributed by atoms with van der Waals surface area (Å²) < 4.78 is 13.7. The first-order valence-electron chi connectivity index (χ1n) is 7.71. The molecule has 0 aliphatic carbocycles. The molecule has 0 saturated carbocycles. The van der Waals surface area contributed by atoms with Gasteiger partial charge in [0.05, 0.1) is 0 Å². The van der Waals surface area contributed by atoms with Crippen molar-refractivity contribution in [2.75, 3.05) is 20.6 Å². The van der Waals surface area contributed by atoms with Crippen LogP contribution >= 0.6 is 0 Å². The average molecular weight is 301 g/mol. The molecular formula is C19H24FNO. The second kappa shape index (κ2) is 7.41. The number of rotatable bonds is 6. The van der Waals surface area contributed by atoms with E-state index in [1.165, 1.54) is 6.07 Å². The van der Waals surface area contributed by atoms with Gasteiger partial charge in [0, 0.05) is 5.56 Å². The zero-order valence-electron chi connectivity index (χ0n) is 13.6. The molecule has 1 N–H and O–H groups in total. The lowest BCUT2D eigenvalue weighted by Gasteiger charge is -2.11. The molecule has 3 heteroatoms. The molecule has 2 nitrogen and oxygen atoms in total. The molecule has 0 saturated heterocycles. The number of aromatic hydroxyl groups is 1.